The van der Waals surface area contributed by atoms with E-state index in [1.165, 1.54) is 5.56 Å². The molecule has 2 heteroatoms. The van der Waals surface area contributed by atoms with Crippen molar-refractivity contribution in [1.29, 1.82) is 0 Å². The summed E-state index contributed by atoms with van der Waals surface area (Å²) in [5, 5.41) is 0. The van der Waals surface area contributed by atoms with Crippen LogP contribution in [0.4, 0.5) is 10.1 Å². The number of halogens is 1. The van der Waals surface area contributed by atoms with Crippen LogP contribution >= 0.6 is 0 Å². The van der Waals surface area contributed by atoms with Crippen LogP contribution in [0.1, 0.15) is 12.0 Å². The largest absolute Gasteiger partial charge is 0.369 e. The molecule has 0 amide bonds. The minimum atomic E-state index is -0.638. The second-order valence-electron chi connectivity index (χ2n) is 3.67. The number of rotatable bonds is 1. The highest BCUT2D eigenvalue weighted by Gasteiger charge is 2.21. The van der Waals surface area contributed by atoms with E-state index in [1.54, 1.807) is 0 Å². The molecule has 0 saturated carbocycles. The van der Waals surface area contributed by atoms with Crippen molar-refractivity contribution in [3.05, 3.63) is 29.8 Å². The van der Waals surface area contributed by atoms with E-state index in [4.69, 9.17) is 0 Å². The summed E-state index contributed by atoms with van der Waals surface area (Å²) < 4.78 is 12.9. The standard InChI is InChI=1S/C11H14FN/c1-9-2-4-11(5-3-9)13-7-6-10(12)8-13/h2-5,10H,6-8H2,1H3/t10-/m1/s1. The quantitative estimate of drug-likeness (QED) is 0.640. The Morgan fingerprint density at radius 2 is 2.00 bits per heavy atom. The Balaban J connectivity index is 2.13. The van der Waals surface area contributed by atoms with Gasteiger partial charge in [-0.15, -0.1) is 0 Å². The van der Waals surface area contributed by atoms with Gasteiger partial charge >= 0.3 is 0 Å². The first-order valence-corrected chi connectivity index (χ1v) is 4.71. The summed E-state index contributed by atoms with van der Waals surface area (Å²) in [6.45, 7) is 3.47. The van der Waals surface area contributed by atoms with Gasteiger partial charge in [-0.1, -0.05) is 17.7 Å². The van der Waals surface area contributed by atoms with Gasteiger partial charge in [0.25, 0.3) is 0 Å². The first kappa shape index (κ1) is 8.54. The molecule has 0 aliphatic carbocycles. The van der Waals surface area contributed by atoms with E-state index in [0.717, 1.165) is 12.2 Å². The Morgan fingerprint density at radius 3 is 2.54 bits per heavy atom. The maximum Gasteiger partial charge on any atom is 0.119 e. The van der Waals surface area contributed by atoms with Crippen LogP contribution in [0.3, 0.4) is 0 Å². The summed E-state index contributed by atoms with van der Waals surface area (Å²) in [7, 11) is 0. The van der Waals surface area contributed by atoms with Gasteiger partial charge in [0.05, 0.1) is 0 Å². The minimum Gasteiger partial charge on any atom is -0.369 e. The Kier molecular flexibility index (Phi) is 2.21. The van der Waals surface area contributed by atoms with Crippen molar-refractivity contribution in [2.24, 2.45) is 0 Å². The fourth-order valence-corrected chi connectivity index (χ4v) is 1.71. The van der Waals surface area contributed by atoms with Crippen LogP contribution in [0.25, 0.3) is 0 Å². The SMILES string of the molecule is Cc1ccc(N2CC[C@@H](F)C2)cc1. The third-order valence-electron chi connectivity index (χ3n) is 2.53. The van der Waals surface area contributed by atoms with E-state index < -0.39 is 6.17 Å². The van der Waals surface area contributed by atoms with E-state index in [0.29, 0.717) is 13.0 Å². The summed E-state index contributed by atoms with van der Waals surface area (Å²) in [6, 6.07) is 8.27. The molecule has 0 aromatic heterocycles. The number of nitrogens with zero attached hydrogens (tertiary/aromatic N) is 1. The lowest BCUT2D eigenvalue weighted by atomic mass is 10.2. The third kappa shape index (κ3) is 1.82. The van der Waals surface area contributed by atoms with Crippen LogP contribution < -0.4 is 4.90 Å². The smallest absolute Gasteiger partial charge is 0.119 e. The molecule has 1 heterocycles. The van der Waals surface area contributed by atoms with E-state index in [9.17, 15) is 4.39 Å². The Bertz CT molecular complexity index is 281. The third-order valence-corrected chi connectivity index (χ3v) is 2.53. The lowest BCUT2D eigenvalue weighted by Crippen LogP contribution is -2.19. The summed E-state index contributed by atoms with van der Waals surface area (Å²) >= 11 is 0. The lowest BCUT2D eigenvalue weighted by molar-refractivity contribution is 0.364. The van der Waals surface area contributed by atoms with Crippen LogP contribution in [-0.2, 0) is 0 Å². The molecule has 0 radical (unpaired) electrons. The zero-order valence-corrected chi connectivity index (χ0v) is 7.83. The summed E-state index contributed by atoms with van der Waals surface area (Å²) in [5.41, 5.74) is 2.39. The number of aryl methyl sites for hydroxylation is 1. The molecule has 1 aromatic rings. The van der Waals surface area contributed by atoms with Crippen molar-refractivity contribution in [3.8, 4) is 0 Å². The van der Waals surface area contributed by atoms with Gasteiger partial charge in [0, 0.05) is 18.8 Å². The van der Waals surface area contributed by atoms with Crippen LogP contribution in [0, 0.1) is 6.92 Å². The van der Waals surface area contributed by atoms with Gasteiger partial charge in [0.1, 0.15) is 6.17 Å². The van der Waals surface area contributed by atoms with Gasteiger partial charge in [-0.2, -0.15) is 0 Å². The predicted octanol–water partition coefficient (Wildman–Crippen LogP) is 2.54. The van der Waals surface area contributed by atoms with Crippen molar-refractivity contribution in [3.63, 3.8) is 0 Å². The van der Waals surface area contributed by atoms with Gasteiger partial charge in [-0.25, -0.2) is 4.39 Å². The van der Waals surface area contributed by atoms with Gasteiger partial charge in [0.15, 0.2) is 0 Å². The monoisotopic (exact) mass is 179 g/mol. The van der Waals surface area contributed by atoms with Crippen molar-refractivity contribution in [1.82, 2.24) is 0 Å². The van der Waals surface area contributed by atoms with Gasteiger partial charge in [-0.05, 0) is 25.5 Å². The molecule has 2 rings (SSSR count). The molecule has 0 spiro atoms. The van der Waals surface area contributed by atoms with Crippen LogP contribution in [0.15, 0.2) is 24.3 Å². The fourth-order valence-electron chi connectivity index (χ4n) is 1.71. The molecule has 1 aliphatic rings. The molecule has 1 aliphatic heterocycles. The van der Waals surface area contributed by atoms with E-state index in [-0.39, 0.29) is 0 Å². The number of benzene rings is 1. The Labute approximate surface area is 78.2 Å². The second-order valence-corrected chi connectivity index (χ2v) is 3.67. The number of hydrogen-bond acceptors (Lipinski definition) is 1. The number of anilines is 1. The van der Waals surface area contributed by atoms with Gasteiger partial charge < -0.3 is 4.90 Å². The normalized spacial score (nSPS) is 22.3. The van der Waals surface area contributed by atoms with Crippen molar-refractivity contribution in [2.75, 3.05) is 18.0 Å². The molecule has 0 unspecified atom stereocenters. The average Bonchev–Trinajstić information content (AvgIpc) is 2.53. The fraction of sp³-hybridized carbons (Fsp3) is 0.455. The molecule has 13 heavy (non-hydrogen) atoms. The molecule has 1 fully saturated rings. The predicted molar refractivity (Wildman–Crippen MR) is 52.9 cm³/mol. The molecule has 1 aromatic carbocycles. The summed E-state index contributed by atoms with van der Waals surface area (Å²) in [6.07, 6.45) is 0.0368. The first-order valence-electron chi connectivity index (χ1n) is 4.71. The van der Waals surface area contributed by atoms with E-state index >= 15 is 0 Å². The summed E-state index contributed by atoms with van der Waals surface area (Å²) in [4.78, 5) is 2.10. The van der Waals surface area contributed by atoms with Gasteiger partial charge in [0.2, 0.25) is 0 Å². The van der Waals surface area contributed by atoms with E-state index in [1.807, 2.05) is 0 Å². The lowest BCUT2D eigenvalue weighted by Gasteiger charge is -2.17. The molecule has 70 valence electrons. The van der Waals surface area contributed by atoms with Crippen molar-refractivity contribution < 1.29 is 4.39 Å². The molecule has 1 atom stereocenters. The zero-order valence-electron chi connectivity index (χ0n) is 7.83. The minimum absolute atomic E-state index is 0.559. The molecule has 1 saturated heterocycles. The Morgan fingerprint density at radius 1 is 1.31 bits per heavy atom. The van der Waals surface area contributed by atoms with E-state index in [2.05, 4.69) is 36.1 Å². The molecular weight excluding hydrogens is 165 g/mol. The highest BCUT2D eigenvalue weighted by atomic mass is 19.1. The first-order chi connectivity index (χ1) is 6.25. The molecule has 0 bridgehead atoms. The molecule has 1 nitrogen and oxygen atoms in total. The maximum atomic E-state index is 12.9. The van der Waals surface area contributed by atoms with Crippen LogP contribution in [-0.4, -0.2) is 19.3 Å². The Hall–Kier alpha value is -1.05. The number of hydrogen-bond donors (Lipinski definition) is 0. The maximum absolute atomic E-state index is 12.9. The van der Waals surface area contributed by atoms with Crippen molar-refractivity contribution in [2.45, 2.75) is 19.5 Å². The summed E-state index contributed by atoms with van der Waals surface area (Å²) in [5.74, 6) is 0. The van der Waals surface area contributed by atoms with Crippen LogP contribution in [0.5, 0.6) is 0 Å². The second kappa shape index (κ2) is 3.36. The molecule has 0 N–H and O–H groups in total. The number of alkyl halides is 1. The highest BCUT2D eigenvalue weighted by Crippen LogP contribution is 2.21. The topological polar surface area (TPSA) is 3.24 Å². The zero-order chi connectivity index (χ0) is 9.26. The average molecular weight is 179 g/mol. The highest BCUT2D eigenvalue weighted by molar-refractivity contribution is 5.48. The molecular formula is C11H14FN. The van der Waals surface area contributed by atoms with Gasteiger partial charge in [-0.3, -0.25) is 0 Å². The van der Waals surface area contributed by atoms with Crippen molar-refractivity contribution >= 4 is 5.69 Å². The van der Waals surface area contributed by atoms with Crippen LogP contribution in [0.2, 0.25) is 0 Å².